The number of nitrogens with one attached hydrogen (secondary N) is 1. The van der Waals surface area contributed by atoms with Crippen LogP contribution >= 0.6 is 0 Å². The average molecular weight is 1080 g/mol. The molecule has 1 N–H and O–H groups in total. The van der Waals surface area contributed by atoms with E-state index in [4.69, 9.17) is 0 Å². The van der Waals surface area contributed by atoms with E-state index in [1.807, 2.05) is 12.2 Å². The summed E-state index contributed by atoms with van der Waals surface area (Å²) >= 11 is 0. The number of benzene rings is 5. The number of halogens is 24. The summed E-state index contributed by atoms with van der Waals surface area (Å²) < 4.78 is 341. The molecular formula is C47H34BF24N. The van der Waals surface area contributed by atoms with Gasteiger partial charge in [-0.25, -0.2) is 0 Å². The van der Waals surface area contributed by atoms with Crippen molar-refractivity contribution < 1.29 is 110 Å². The lowest BCUT2D eigenvalue weighted by Crippen LogP contribution is -3.07. The van der Waals surface area contributed by atoms with E-state index < -0.39 is 195 Å². The van der Waals surface area contributed by atoms with Crippen LogP contribution in [-0.2, 0) is 49.4 Å². The summed E-state index contributed by atoms with van der Waals surface area (Å²) in [6.07, 6.45) is -50.9. The zero-order valence-electron chi connectivity index (χ0n) is 37.2. The molecule has 26 heteroatoms. The highest BCUT2D eigenvalue weighted by Crippen LogP contribution is 2.41. The highest BCUT2D eigenvalue weighted by Gasteiger charge is 2.47. The maximum absolute atomic E-state index is 14.2. The quantitative estimate of drug-likeness (QED) is 0.0852. The number of quaternary nitrogens is 1. The molecule has 73 heavy (non-hydrogen) atoms. The van der Waals surface area contributed by atoms with Crippen LogP contribution in [0.4, 0.5) is 111 Å². The minimum atomic E-state index is -6.13. The van der Waals surface area contributed by atoms with E-state index in [1.54, 1.807) is 0 Å². The summed E-state index contributed by atoms with van der Waals surface area (Å²) in [7, 11) is 0. The monoisotopic (exact) mass is 1080 g/mol. The first kappa shape index (κ1) is 59.5. The summed E-state index contributed by atoms with van der Waals surface area (Å²) in [6.45, 7) is 16.0. The highest BCUT2D eigenvalue weighted by molar-refractivity contribution is 7.20. The van der Waals surface area contributed by atoms with Crippen LogP contribution in [0.1, 0.15) is 61.2 Å². The van der Waals surface area contributed by atoms with Gasteiger partial charge in [0.05, 0.1) is 44.5 Å². The third-order valence-corrected chi connectivity index (χ3v) is 11.3. The number of rotatable bonds is 9. The van der Waals surface area contributed by atoms with Crippen molar-refractivity contribution in [3.05, 3.63) is 171 Å². The van der Waals surface area contributed by atoms with E-state index in [1.165, 1.54) is 27.3 Å². The van der Waals surface area contributed by atoms with Crippen molar-refractivity contribution in [1.29, 1.82) is 0 Å². The van der Waals surface area contributed by atoms with Crippen molar-refractivity contribution in [1.82, 2.24) is 0 Å². The lowest BCUT2D eigenvalue weighted by atomic mass is 9.12. The molecule has 1 nitrogen and oxygen atoms in total. The van der Waals surface area contributed by atoms with Gasteiger partial charge in [-0.15, -0.1) is 0 Å². The standard InChI is InChI=1S/C32H12BF24.C15H21N/c34-25(35,36)13-1-14(26(37,38)39)6-21(5-13)33(22-7-15(27(40,41)42)2-16(8-22)28(43,44)45,23-9-17(29(46,47)48)3-18(10-23)30(49,50)51)24-11-19(31(52,53)54)4-20(12-24)32(55,56)57;1-6-8-16(9-7-2)15-13(4)10-12(3)11-14(15)5/h1-12H;6-7,10-11H,1-2,8-9H2,3-5H3/q-1;/p+1. The van der Waals surface area contributed by atoms with E-state index in [-0.39, 0.29) is 0 Å². The molecule has 0 amide bonds. The molecule has 0 fully saturated rings. The molecule has 0 atom stereocenters. The molecule has 5 rings (SSSR count). The first-order valence-corrected chi connectivity index (χ1v) is 20.4. The molecule has 0 saturated heterocycles. The Morgan fingerprint density at radius 3 is 0.658 bits per heavy atom. The Hall–Kier alpha value is -6.08. The van der Waals surface area contributed by atoms with E-state index in [0.29, 0.717) is 0 Å². The Bertz CT molecular complexity index is 2350. The van der Waals surface area contributed by atoms with Gasteiger partial charge in [-0.05, 0) is 57.2 Å². The van der Waals surface area contributed by atoms with Gasteiger partial charge in [0.1, 0.15) is 24.9 Å². The van der Waals surface area contributed by atoms with Gasteiger partial charge in [0, 0.05) is 11.1 Å². The Morgan fingerprint density at radius 2 is 0.507 bits per heavy atom. The summed E-state index contributed by atoms with van der Waals surface area (Å²) in [5.74, 6) is 0. The third kappa shape index (κ3) is 13.8. The Balaban J connectivity index is 0.000000613. The largest absolute Gasteiger partial charge is 0.416 e. The maximum Gasteiger partial charge on any atom is 0.416 e. The van der Waals surface area contributed by atoms with Gasteiger partial charge in [-0.1, -0.05) is 79.4 Å². The molecule has 0 saturated carbocycles. The molecule has 5 aromatic rings. The zero-order chi connectivity index (χ0) is 56.0. The van der Waals surface area contributed by atoms with Crippen molar-refractivity contribution in [3.8, 4) is 0 Å². The average Bonchev–Trinajstić information content (AvgIpc) is 3.21. The minimum absolute atomic E-state index is 0.691. The van der Waals surface area contributed by atoms with Gasteiger partial charge in [-0.2, -0.15) is 127 Å². The van der Waals surface area contributed by atoms with E-state index in [9.17, 15) is 105 Å². The van der Waals surface area contributed by atoms with Gasteiger partial charge in [0.25, 0.3) is 0 Å². The highest BCUT2D eigenvalue weighted by atomic mass is 19.4. The molecule has 0 aliphatic carbocycles. The van der Waals surface area contributed by atoms with Crippen molar-refractivity contribution in [2.24, 2.45) is 0 Å². The lowest BCUT2D eigenvalue weighted by molar-refractivity contribution is -0.819. The van der Waals surface area contributed by atoms with E-state index in [2.05, 4.69) is 46.1 Å². The Morgan fingerprint density at radius 1 is 0.329 bits per heavy atom. The molecule has 5 aromatic carbocycles. The predicted molar refractivity (Wildman–Crippen MR) is 221 cm³/mol. The number of alkyl halides is 24. The van der Waals surface area contributed by atoms with Gasteiger partial charge in [0.15, 0.2) is 0 Å². The van der Waals surface area contributed by atoms with Gasteiger partial charge < -0.3 is 0 Å². The fourth-order valence-corrected chi connectivity index (χ4v) is 8.44. The van der Waals surface area contributed by atoms with Crippen LogP contribution in [0.25, 0.3) is 0 Å². The van der Waals surface area contributed by atoms with Crippen molar-refractivity contribution in [2.45, 2.75) is 70.2 Å². The number of aryl methyl sites for hydroxylation is 3. The van der Waals surface area contributed by atoms with Crippen molar-refractivity contribution in [2.75, 3.05) is 13.1 Å². The molecule has 0 aromatic heterocycles. The third-order valence-electron chi connectivity index (χ3n) is 11.3. The molecule has 0 spiro atoms. The summed E-state index contributed by atoms with van der Waals surface area (Å²) in [6, 6.07) is -4.32. The first-order chi connectivity index (χ1) is 32.9. The molecule has 0 aliphatic heterocycles. The second-order valence-electron chi connectivity index (χ2n) is 16.6. The number of hydrogen-bond acceptors (Lipinski definition) is 0. The SMILES string of the molecule is C=CC[NH+](CC=C)c1c(C)cc(C)cc1C.FC(F)(F)c1cc([B-](c2cc(C(F)(F)F)cc(C(F)(F)F)c2)(c2cc(C(F)(F)F)cc(C(F)(F)F)c2)c2cc(C(F)(F)F)cc(C(F)(F)F)c2)cc(C(F)(F)F)c1. The van der Waals surface area contributed by atoms with Crippen molar-refractivity contribution in [3.63, 3.8) is 0 Å². The molecule has 0 bridgehead atoms. The lowest BCUT2D eigenvalue weighted by Gasteiger charge is -2.46. The minimum Gasteiger partial charge on any atom is -0.296 e. The van der Waals surface area contributed by atoms with Crippen LogP contribution in [0.15, 0.2) is 110 Å². The molecule has 0 heterocycles. The van der Waals surface area contributed by atoms with Gasteiger partial charge >= 0.3 is 49.4 Å². The number of hydrogen-bond donors (Lipinski definition) is 1. The van der Waals surface area contributed by atoms with Crippen LogP contribution in [-0.4, -0.2) is 19.2 Å². The fourth-order valence-electron chi connectivity index (χ4n) is 8.44. The van der Waals surface area contributed by atoms with Crippen LogP contribution in [0.2, 0.25) is 0 Å². The van der Waals surface area contributed by atoms with Crippen molar-refractivity contribution >= 4 is 33.7 Å². The predicted octanol–water partition coefficient (Wildman–Crippen LogP) is 13.7. The maximum atomic E-state index is 14.2. The van der Waals surface area contributed by atoms with E-state index >= 15 is 0 Å². The second-order valence-corrected chi connectivity index (χ2v) is 16.6. The Kier molecular flexibility index (Phi) is 16.6. The van der Waals surface area contributed by atoms with E-state index in [0.717, 1.165) is 13.1 Å². The van der Waals surface area contributed by atoms with Crippen LogP contribution < -0.4 is 26.8 Å². The zero-order valence-corrected chi connectivity index (χ0v) is 37.2. The Labute approximate surface area is 398 Å². The topological polar surface area (TPSA) is 4.44 Å². The van der Waals surface area contributed by atoms with Gasteiger partial charge in [-0.3, -0.25) is 4.90 Å². The summed E-state index contributed by atoms with van der Waals surface area (Å²) in [5, 5.41) is 0. The first-order valence-electron chi connectivity index (χ1n) is 20.4. The van der Waals surface area contributed by atoms with Gasteiger partial charge in [0.2, 0.25) is 0 Å². The molecule has 398 valence electrons. The van der Waals surface area contributed by atoms with Crippen LogP contribution in [0.5, 0.6) is 0 Å². The van der Waals surface area contributed by atoms with Crippen LogP contribution in [0.3, 0.4) is 0 Å². The van der Waals surface area contributed by atoms with Crippen LogP contribution in [0, 0.1) is 20.8 Å². The second kappa shape index (κ2) is 20.3. The molecule has 0 radical (unpaired) electrons. The normalized spacial score (nSPS) is 13.5. The summed E-state index contributed by atoms with van der Waals surface area (Å²) in [4.78, 5) is 1.42. The molecule has 0 aliphatic rings. The summed E-state index contributed by atoms with van der Waals surface area (Å²) in [5.41, 5.74) is -24.8. The molecular weight excluding hydrogens is 1050 g/mol. The smallest absolute Gasteiger partial charge is 0.296 e. The fraction of sp³-hybridized carbons (Fsp3) is 0.277. The molecule has 0 unspecified atom stereocenters.